The SMILES string of the molecule is O=c1nc[nH]c2ccc(N3CCCCC3)cc12. The Morgan fingerprint density at radius 3 is 2.82 bits per heavy atom. The van der Waals surface area contributed by atoms with Gasteiger partial charge < -0.3 is 9.88 Å². The first-order valence-corrected chi connectivity index (χ1v) is 6.07. The minimum atomic E-state index is -0.155. The van der Waals surface area contributed by atoms with Gasteiger partial charge in [-0.1, -0.05) is 0 Å². The minimum Gasteiger partial charge on any atom is -0.372 e. The Balaban J connectivity index is 2.06. The molecule has 4 nitrogen and oxygen atoms in total. The quantitative estimate of drug-likeness (QED) is 0.812. The summed E-state index contributed by atoms with van der Waals surface area (Å²) in [6.07, 6.45) is 5.24. The molecule has 1 aliphatic rings. The molecule has 2 aromatic rings. The Morgan fingerprint density at radius 1 is 1.18 bits per heavy atom. The van der Waals surface area contributed by atoms with Crippen molar-refractivity contribution in [2.45, 2.75) is 19.3 Å². The second kappa shape index (κ2) is 4.20. The summed E-state index contributed by atoms with van der Waals surface area (Å²) in [4.78, 5) is 20.8. The van der Waals surface area contributed by atoms with Crippen LogP contribution in [0.4, 0.5) is 5.69 Å². The summed E-state index contributed by atoms with van der Waals surface area (Å²) in [5.41, 5.74) is 1.83. The van der Waals surface area contributed by atoms with Crippen LogP contribution in [0.1, 0.15) is 19.3 Å². The highest BCUT2D eigenvalue weighted by atomic mass is 16.1. The van der Waals surface area contributed by atoms with Crippen LogP contribution < -0.4 is 10.5 Å². The van der Waals surface area contributed by atoms with E-state index in [4.69, 9.17) is 0 Å². The molecule has 0 unspecified atom stereocenters. The summed E-state index contributed by atoms with van der Waals surface area (Å²) < 4.78 is 0. The molecule has 4 heteroatoms. The molecule has 1 N–H and O–H groups in total. The molecule has 0 saturated carbocycles. The van der Waals surface area contributed by atoms with Gasteiger partial charge in [-0.3, -0.25) is 4.79 Å². The molecule has 3 rings (SSSR count). The van der Waals surface area contributed by atoms with E-state index in [1.807, 2.05) is 12.1 Å². The Bertz CT molecular complexity index is 584. The largest absolute Gasteiger partial charge is 0.372 e. The van der Waals surface area contributed by atoms with Gasteiger partial charge in [0.25, 0.3) is 5.56 Å². The topological polar surface area (TPSA) is 49.0 Å². The molecular formula is C13H15N3O. The Labute approximate surface area is 99.3 Å². The fourth-order valence-electron chi connectivity index (χ4n) is 2.41. The first-order chi connectivity index (χ1) is 8.34. The second-order valence-electron chi connectivity index (χ2n) is 4.49. The van der Waals surface area contributed by atoms with Crippen molar-refractivity contribution < 1.29 is 0 Å². The smallest absolute Gasteiger partial charge is 0.280 e. The van der Waals surface area contributed by atoms with E-state index in [-0.39, 0.29) is 5.56 Å². The van der Waals surface area contributed by atoms with Crippen LogP contribution in [-0.4, -0.2) is 23.1 Å². The molecule has 0 radical (unpaired) electrons. The molecule has 0 aliphatic carbocycles. The third-order valence-corrected chi connectivity index (χ3v) is 3.36. The van der Waals surface area contributed by atoms with Crippen molar-refractivity contribution in [3.8, 4) is 0 Å². The summed E-state index contributed by atoms with van der Waals surface area (Å²) in [6, 6.07) is 5.98. The van der Waals surface area contributed by atoms with Crippen molar-refractivity contribution in [1.82, 2.24) is 9.97 Å². The predicted octanol–water partition coefficient (Wildman–Crippen LogP) is 1.91. The Hall–Kier alpha value is -1.84. The van der Waals surface area contributed by atoms with Crippen molar-refractivity contribution in [1.29, 1.82) is 0 Å². The number of piperidine rings is 1. The lowest BCUT2D eigenvalue weighted by molar-refractivity contribution is 0.578. The number of hydrogen-bond donors (Lipinski definition) is 1. The second-order valence-corrected chi connectivity index (χ2v) is 4.49. The van der Waals surface area contributed by atoms with Crippen molar-refractivity contribution >= 4 is 16.6 Å². The predicted molar refractivity (Wildman–Crippen MR) is 68.4 cm³/mol. The summed E-state index contributed by atoms with van der Waals surface area (Å²) in [6.45, 7) is 2.17. The summed E-state index contributed by atoms with van der Waals surface area (Å²) in [5, 5.41) is 0.676. The fourth-order valence-corrected chi connectivity index (χ4v) is 2.41. The van der Waals surface area contributed by atoms with Crippen LogP contribution in [-0.2, 0) is 0 Å². The van der Waals surface area contributed by atoms with Gasteiger partial charge >= 0.3 is 0 Å². The minimum absolute atomic E-state index is 0.155. The normalized spacial score (nSPS) is 16.4. The summed E-state index contributed by atoms with van der Waals surface area (Å²) >= 11 is 0. The maximum atomic E-state index is 11.7. The van der Waals surface area contributed by atoms with E-state index in [0.717, 1.165) is 24.3 Å². The molecule has 1 saturated heterocycles. The molecule has 0 bridgehead atoms. The molecule has 0 atom stereocenters. The number of hydrogen-bond acceptors (Lipinski definition) is 3. The van der Waals surface area contributed by atoms with Crippen LogP contribution >= 0.6 is 0 Å². The zero-order valence-corrected chi connectivity index (χ0v) is 9.65. The molecule has 1 aliphatic heterocycles. The molecule has 1 aromatic heterocycles. The van der Waals surface area contributed by atoms with Crippen molar-refractivity contribution in [3.63, 3.8) is 0 Å². The van der Waals surface area contributed by atoms with E-state index in [0.29, 0.717) is 5.39 Å². The zero-order valence-electron chi connectivity index (χ0n) is 9.65. The Morgan fingerprint density at radius 2 is 2.00 bits per heavy atom. The average molecular weight is 229 g/mol. The lowest BCUT2D eigenvalue weighted by Gasteiger charge is -2.28. The lowest BCUT2D eigenvalue weighted by Crippen LogP contribution is -2.29. The van der Waals surface area contributed by atoms with Gasteiger partial charge in [-0.15, -0.1) is 0 Å². The summed E-state index contributed by atoms with van der Waals surface area (Å²) in [7, 11) is 0. The number of aromatic nitrogens is 2. The number of fused-ring (bicyclic) bond motifs is 1. The number of anilines is 1. The first-order valence-electron chi connectivity index (χ1n) is 6.07. The van der Waals surface area contributed by atoms with Crippen LogP contribution in [0.5, 0.6) is 0 Å². The van der Waals surface area contributed by atoms with Crippen molar-refractivity contribution in [2.75, 3.05) is 18.0 Å². The van der Waals surface area contributed by atoms with Gasteiger partial charge in [0.05, 0.1) is 17.2 Å². The van der Waals surface area contributed by atoms with Crippen LogP contribution in [0.15, 0.2) is 29.3 Å². The number of nitrogens with zero attached hydrogens (tertiary/aromatic N) is 2. The summed E-state index contributed by atoms with van der Waals surface area (Å²) in [5.74, 6) is 0. The molecule has 17 heavy (non-hydrogen) atoms. The van der Waals surface area contributed by atoms with Gasteiger partial charge in [0.1, 0.15) is 0 Å². The molecule has 1 fully saturated rings. The third-order valence-electron chi connectivity index (χ3n) is 3.36. The zero-order chi connectivity index (χ0) is 11.7. The lowest BCUT2D eigenvalue weighted by atomic mass is 10.1. The Kier molecular flexibility index (Phi) is 2.55. The van der Waals surface area contributed by atoms with Gasteiger partial charge in [-0.2, -0.15) is 4.98 Å². The molecule has 0 spiro atoms. The number of nitrogens with one attached hydrogen (secondary N) is 1. The number of aromatic amines is 1. The van der Waals surface area contributed by atoms with E-state index in [1.54, 1.807) is 0 Å². The van der Waals surface area contributed by atoms with Gasteiger partial charge in [-0.05, 0) is 37.5 Å². The van der Waals surface area contributed by atoms with Crippen LogP contribution in [0.3, 0.4) is 0 Å². The highest BCUT2D eigenvalue weighted by Crippen LogP contribution is 2.22. The van der Waals surface area contributed by atoms with E-state index in [2.05, 4.69) is 20.9 Å². The molecular weight excluding hydrogens is 214 g/mol. The maximum absolute atomic E-state index is 11.7. The van der Waals surface area contributed by atoms with Crippen LogP contribution in [0.25, 0.3) is 10.9 Å². The van der Waals surface area contributed by atoms with Crippen LogP contribution in [0, 0.1) is 0 Å². The molecule has 1 aromatic carbocycles. The first kappa shape index (κ1) is 10.3. The van der Waals surface area contributed by atoms with Gasteiger partial charge in [-0.25, -0.2) is 0 Å². The number of H-pyrrole nitrogens is 1. The maximum Gasteiger partial charge on any atom is 0.280 e. The van der Waals surface area contributed by atoms with Crippen molar-refractivity contribution in [2.24, 2.45) is 0 Å². The van der Waals surface area contributed by atoms with Crippen molar-refractivity contribution in [3.05, 3.63) is 34.9 Å². The van der Waals surface area contributed by atoms with E-state index in [9.17, 15) is 4.79 Å². The number of benzene rings is 1. The van der Waals surface area contributed by atoms with Gasteiger partial charge in [0.15, 0.2) is 0 Å². The third kappa shape index (κ3) is 1.90. The van der Waals surface area contributed by atoms with E-state index >= 15 is 0 Å². The van der Waals surface area contributed by atoms with E-state index in [1.165, 1.54) is 25.6 Å². The molecule has 2 heterocycles. The highest BCUT2D eigenvalue weighted by molar-refractivity contribution is 5.81. The fraction of sp³-hybridized carbons (Fsp3) is 0.385. The van der Waals surface area contributed by atoms with E-state index < -0.39 is 0 Å². The monoisotopic (exact) mass is 229 g/mol. The molecule has 0 amide bonds. The van der Waals surface area contributed by atoms with Gasteiger partial charge in [0.2, 0.25) is 0 Å². The van der Waals surface area contributed by atoms with Gasteiger partial charge in [0, 0.05) is 18.8 Å². The highest BCUT2D eigenvalue weighted by Gasteiger charge is 2.11. The average Bonchev–Trinajstić information content (AvgIpc) is 2.40. The van der Waals surface area contributed by atoms with Crippen LogP contribution in [0.2, 0.25) is 0 Å². The number of rotatable bonds is 1. The standard InChI is InChI=1S/C13H15N3O/c17-13-11-8-10(16-6-2-1-3-7-16)4-5-12(11)14-9-15-13/h4-5,8-9H,1-3,6-7H2,(H,14,15,17). The molecule has 88 valence electrons.